The van der Waals surface area contributed by atoms with Gasteiger partial charge in [-0.05, 0) is 208 Å². The molecule has 34 nitrogen and oxygen atoms in total. The number of benzene rings is 4. The zero-order chi connectivity index (χ0) is 88.2. The molecule has 36 heteroatoms. The van der Waals surface area contributed by atoms with E-state index in [0.717, 1.165) is 34.4 Å². The Morgan fingerprint density at radius 3 is 1.12 bits per heavy atom. The molecule has 0 saturated carbocycles. The number of allylic oxidation sites excluding steroid dienone is 1. The summed E-state index contributed by atoms with van der Waals surface area (Å²) in [6, 6.07) is 48.1. The summed E-state index contributed by atoms with van der Waals surface area (Å²) in [6.07, 6.45) is 8.08. The largest absolute Gasteiger partial charge is 1.00 e. The maximum Gasteiger partial charge on any atom is 1.00 e. The Balaban J connectivity index is 0.000000361. The summed E-state index contributed by atoms with van der Waals surface area (Å²) in [4.78, 5) is 119. The Morgan fingerprint density at radius 1 is 0.500 bits per heavy atom. The molecule has 14 rings (SSSR count). The van der Waals surface area contributed by atoms with Crippen LogP contribution in [0.2, 0.25) is 0 Å². The third-order valence-electron chi connectivity index (χ3n) is 16.6. The number of aliphatic imine (C=N–C) groups is 1. The van der Waals surface area contributed by atoms with E-state index in [1.165, 1.54) is 78.6 Å². The van der Waals surface area contributed by atoms with Crippen LogP contribution in [0.5, 0.6) is 23.0 Å². The van der Waals surface area contributed by atoms with E-state index in [9.17, 15) is 47.9 Å². The summed E-state index contributed by atoms with van der Waals surface area (Å²) in [7, 11) is 8.02. The van der Waals surface area contributed by atoms with E-state index < -0.39 is 65.6 Å². The van der Waals surface area contributed by atoms with Crippen molar-refractivity contribution in [1.82, 2.24) is 15.5 Å². The molecule has 10 aromatic rings. The predicted octanol–water partition coefficient (Wildman–Crippen LogP) is 9.87. The van der Waals surface area contributed by atoms with Gasteiger partial charge in [0.25, 0.3) is 28.9 Å². The number of carbonyl (C=O) groups excluding carboxylic acids is 10. The van der Waals surface area contributed by atoms with Gasteiger partial charge >= 0.3 is 75.3 Å². The van der Waals surface area contributed by atoms with Gasteiger partial charge in [-0.25, -0.2) is 0 Å². The summed E-state index contributed by atoms with van der Waals surface area (Å²) in [5.41, 5.74) is 8.43. The molecule has 4 amide bonds. The van der Waals surface area contributed by atoms with Crippen LogP contribution in [0.15, 0.2) is 251 Å². The first-order valence-corrected chi connectivity index (χ1v) is 37.2. The zero-order valence-corrected chi connectivity index (χ0v) is 73.7. The second-order valence-corrected chi connectivity index (χ2v) is 25.2. The van der Waals surface area contributed by atoms with Gasteiger partial charge in [0.15, 0.2) is 24.8 Å². The topological polar surface area (TPSA) is 455 Å². The molecule has 0 aliphatic carbocycles. The maximum absolute atomic E-state index is 12.3. The molecule has 4 fully saturated rings. The van der Waals surface area contributed by atoms with Gasteiger partial charge in [0, 0.05) is 44.8 Å². The van der Waals surface area contributed by atoms with Crippen molar-refractivity contribution in [1.29, 1.82) is 0 Å². The van der Waals surface area contributed by atoms with E-state index >= 15 is 0 Å². The van der Waals surface area contributed by atoms with Crippen LogP contribution in [0, 0.1) is 0 Å². The molecule has 0 spiro atoms. The molecule has 6 aromatic heterocycles. The van der Waals surface area contributed by atoms with E-state index in [1.807, 2.05) is 48.5 Å². The van der Waals surface area contributed by atoms with E-state index in [4.69, 9.17) is 77.7 Å². The molecule has 4 aromatic carbocycles. The van der Waals surface area contributed by atoms with Crippen LogP contribution in [0.4, 0.5) is 22.7 Å². The fraction of sp³-hybridized carbons (Fsp3) is 0.291. The third kappa shape index (κ3) is 34.1. The van der Waals surface area contributed by atoms with Crippen molar-refractivity contribution in [2.45, 2.75) is 104 Å². The monoisotopic (exact) mass is 1740 g/mol. The zero-order valence-electron chi connectivity index (χ0n) is 69.8. The van der Waals surface area contributed by atoms with Gasteiger partial charge in [-0.15, -0.1) is 0 Å². The number of hydrogen-bond donors (Lipinski definition) is 4. The van der Waals surface area contributed by atoms with Gasteiger partial charge in [-0.2, -0.15) is 0 Å². The fourth-order valence-corrected chi connectivity index (χ4v) is 10.5. The van der Waals surface area contributed by atoms with Crippen molar-refractivity contribution in [3.63, 3.8) is 0 Å². The standard InChI is InChI=1S/2C16H15NO5.C12H11NO2.C9H9NO4.C7H7NO3.C7H9NO.C6H15N.C5H4O2.C4H5ClO3.C4H8O.K.H2O/c2*1-10(18)22-15-14(13-4-3-9-21-13)17(16(15)19)11-5-7-12(20-2)8-6-11;1-14-11-6-4-10(5-7-11)13-9-12-3-2-8-15-12;1-5(11)14-8-7(10-9(8)12)6-3-2-4-13-6;9-6-5(8-7(6)10)4-2-1-3-11-4;1-9-7-4-2-6(8)3-5-7;1-4-7(5-2)6-3;6-4-5-2-1-3-7-5;1-3(6)8-2-4(5)7;1-4(2)5-3;;/h2*3-9,14-15H,1-2H3;2-9H,1H3;2-4,7-8H,1H3,(H,10,12);1-3,5-6,9H,(H,8,10);2-5H,8H2,1H3;4-6H2,1-3H3;1-4H;2H2,1H3;1H2,2-3H3;;1H2/q;;;;;;;;;;+1;/p-1/t2*14-,15+;;7-,8+;5-,6+;;;;;;;/m00.00......./s1. The molecule has 6 N–H and O–H groups in total. The fourth-order valence-electron chi connectivity index (χ4n) is 10.4. The number of esters is 4. The van der Waals surface area contributed by atoms with Crippen LogP contribution in [0.25, 0.3) is 0 Å². The van der Waals surface area contributed by atoms with Gasteiger partial charge in [-0.1, -0.05) is 27.4 Å². The number of carbonyl (C=O) groups is 10. The quantitative estimate of drug-likeness (QED) is 0.00564. The summed E-state index contributed by atoms with van der Waals surface area (Å²) in [5, 5.41) is 13.5. The number of halogens is 1. The van der Waals surface area contributed by atoms with Crippen molar-refractivity contribution in [3.05, 3.63) is 254 Å². The predicted molar refractivity (Wildman–Crippen MR) is 441 cm³/mol. The van der Waals surface area contributed by atoms with Crippen molar-refractivity contribution < 1.29 is 179 Å². The minimum atomic E-state index is -0.943. The first-order chi connectivity index (χ1) is 57.6. The number of furan rings is 6. The average Bonchev–Trinajstić information content (AvgIpc) is 0.946. The molecule has 4 saturated heterocycles. The minimum Gasteiger partial charge on any atom is -0.870 e. The van der Waals surface area contributed by atoms with Gasteiger partial charge < -0.3 is 101 Å². The number of anilines is 3. The van der Waals surface area contributed by atoms with Crippen LogP contribution in [-0.2, 0) is 66.8 Å². The maximum atomic E-state index is 12.3. The Bertz CT molecular complexity index is 4600. The van der Waals surface area contributed by atoms with Crippen LogP contribution in [0.3, 0.4) is 0 Å². The van der Waals surface area contributed by atoms with Gasteiger partial charge in [0.2, 0.25) is 18.3 Å². The molecule has 648 valence electrons. The number of nitrogen functional groups attached to an aromatic ring is 1. The summed E-state index contributed by atoms with van der Waals surface area (Å²) in [6.45, 7) is 20.1. The molecule has 0 radical (unpaired) electrons. The Labute approximate surface area is 752 Å². The van der Waals surface area contributed by atoms with Crippen LogP contribution >= 0.6 is 11.6 Å². The molecule has 4 aliphatic rings. The second kappa shape index (κ2) is 55.5. The van der Waals surface area contributed by atoms with Crippen molar-refractivity contribution in [2.75, 3.05) is 77.3 Å². The Hall–Kier alpha value is -12.3. The molecule has 4 aliphatic heterocycles. The van der Waals surface area contributed by atoms with E-state index in [2.05, 4.69) is 61.8 Å². The summed E-state index contributed by atoms with van der Waals surface area (Å²) < 4.78 is 74.6. The van der Waals surface area contributed by atoms with Crippen molar-refractivity contribution in [2.24, 2.45) is 4.99 Å². The number of β-lactam (4-membered cyclic amide) rings is 4. The number of ether oxygens (including phenoxy) is 9. The molecule has 10 heterocycles. The normalized spacial score (nSPS) is 16.8. The minimum absolute atomic E-state index is 0. The Kier molecular flexibility index (Phi) is 47.2. The number of nitrogens with zero attached hydrogens (tertiary/aromatic N) is 4. The van der Waals surface area contributed by atoms with Gasteiger partial charge in [-0.3, -0.25) is 62.7 Å². The van der Waals surface area contributed by atoms with Gasteiger partial charge in [0.05, 0.1) is 90.8 Å². The number of aliphatic hydroxyl groups is 1. The van der Waals surface area contributed by atoms with E-state index in [-0.39, 0.29) is 99.2 Å². The molecular weight excluding hydrogens is 1640 g/mol. The number of hydrogen-bond acceptors (Lipinski definition) is 30. The average molecular weight is 1740 g/mol. The number of aldehydes is 1. The number of aliphatic hydroxyl groups excluding tert-OH is 1. The Morgan fingerprint density at radius 2 is 0.844 bits per heavy atom. The number of nitrogens with one attached hydrogen (secondary N) is 2. The van der Waals surface area contributed by atoms with E-state index in [0.29, 0.717) is 58.0 Å². The smallest absolute Gasteiger partial charge is 0.870 e. The van der Waals surface area contributed by atoms with Crippen molar-refractivity contribution in [3.8, 4) is 23.0 Å². The number of nitrogens with two attached hydrogens (primary N) is 1. The SMILES string of the molecule is C=C(C)OC.CC(=O)OCC(=O)Cl.CC(=O)O[C@H]1C(=O)N[C@H]1c1ccco1.CCN(CC)CC.COc1ccc(N)cc1.COc1ccc(N2C(=O)[C@H](OC(C)=O)[C@@H]2c2ccco2)cc1.COc1ccc(N2C(=O)[C@H](OC(C)=O)[C@@H]2c2ccco2)cc1.COc1ccc(N=Cc2ccco2)cc1.O=C1N[C@@H](c2ccco2)[C@H]1O.O=Cc1ccco1.[K+].[OH-]. The van der Waals surface area contributed by atoms with Crippen LogP contribution in [-0.4, -0.2) is 167 Å². The summed E-state index contributed by atoms with van der Waals surface area (Å²) in [5.74, 6) is 4.11. The summed E-state index contributed by atoms with van der Waals surface area (Å²) >= 11 is 4.81. The molecule has 122 heavy (non-hydrogen) atoms. The number of amides is 4. The molecule has 8 atom stereocenters. The third-order valence-corrected chi connectivity index (χ3v) is 16.7. The molecule has 0 bridgehead atoms. The first kappa shape index (κ1) is 104. The first-order valence-electron chi connectivity index (χ1n) is 36.8. The number of rotatable bonds is 22. The molecular formula is C86H99ClKN7O27. The van der Waals surface area contributed by atoms with Gasteiger partial charge in [0.1, 0.15) is 76.0 Å². The van der Waals surface area contributed by atoms with Crippen LogP contribution in [0.1, 0.15) is 119 Å². The second-order valence-electron chi connectivity index (χ2n) is 24.8. The number of methoxy groups -OCH3 is 5. The van der Waals surface area contributed by atoms with Crippen molar-refractivity contribution >= 4 is 99.6 Å². The van der Waals surface area contributed by atoms with Crippen LogP contribution < -0.4 is 96.5 Å². The van der Waals surface area contributed by atoms with E-state index in [1.54, 1.807) is 186 Å². The molecule has 0 unspecified atom stereocenters.